The lowest BCUT2D eigenvalue weighted by atomic mass is 10.0. The Hall–Kier alpha value is -6.72. The third kappa shape index (κ3) is 14.1. The van der Waals surface area contributed by atoms with Crippen molar-refractivity contribution in [2.45, 2.75) is 38.1 Å². The Balaban J connectivity index is 0.960. The third-order valence-electron chi connectivity index (χ3n) is 11.2. The van der Waals surface area contributed by atoms with E-state index < -0.39 is 24.3 Å². The van der Waals surface area contributed by atoms with Gasteiger partial charge in [-0.3, -0.25) is 9.59 Å². The number of carbonyl (C=O) groups excluding carboxylic acids is 4. The van der Waals surface area contributed by atoms with Crippen LogP contribution in [0.5, 0.6) is 0 Å². The quantitative estimate of drug-likeness (QED) is 0.118. The van der Waals surface area contributed by atoms with E-state index in [0.29, 0.717) is 0 Å². The van der Waals surface area contributed by atoms with Crippen molar-refractivity contribution in [3.8, 4) is 0 Å². The van der Waals surface area contributed by atoms with E-state index in [0.717, 1.165) is 44.1 Å². The number of benzene rings is 4. The summed E-state index contributed by atoms with van der Waals surface area (Å²) in [6.07, 6.45) is 2.74. The number of fused-ring (bicyclic) bond motifs is 2. The molecule has 16 nitrogen and oxygen atoms in total. The number of nitrogens with zero attached hydrogens (tertiary/aromatic N) is 2. The van der Waals surface area contributed by atoms with E-state index in [-0.39, 0.29) is 117 Å². The van der Waals surface area contributed by atoms with Gasteiger partial charge in [0.2, 0.25) is 11.8 Å². The van der Waals surface area contributed by atoms with Gasteiger partial charge in [0.15, 0.2) is 0 Å². The Kier molecular flexibility index (Phi) is 18.0. The molecule has 0 spiro atoms. The van der Waals surface area contributed by atoms with Crippen LogP contribution >= 0.6 is 0 Å². The minimum atomic E-state index is -0.945. The summed E-state index contributed by atoms with van der Waals surface area (Å²) in [6.45, 7) is 2.74. The van der Waals surface area contributed by atoms with Gasteiger partial charge in [-0.25, -0.2) is 9.59 Å². The second-order valence-corrected chi connectivity index (χ2v) is 15.7. The number of alkyl carbamates (subject to hydrolysis) is 2. The normalized spacial score (nSPS) is 15.8. The summed E-state index contributed by atoms with van der Waals surface area (Å²) in [5.41, 5.74) is 5.24. The molecule has 2 atom stereocenters. The molecule has 4 amide bonds. The molecular formula is C50H58N6O10. The number of ether oxygens (including phenoxy) is 6. The highest BCUT2D eigenvalue weighted by Gasteiger charge is 2.30. The van der Waals surface area contributed by atoms with Gasteiger partial charge in [-0.1, -0.05) is 97.1 Å². The number of hydrogen-bond donors (Lipinski definition) is 4. The minimum Gasteiger partial charge on any atom is -0.445 e. The van der Waals surface area contributed by atoms with Crippen LogP contribution in [0, 0.1) is 0 Å². The molecule has 1 aliphatic heterocycles. The standard InChI is InChI=1S/C50H58N6O10/c57-47(45(31-39-33-51-43-17-9-7-15-41(39)43)53-49(59)65-35-37-11-3-1-4-12-37)55-19-23-61-27-29-63-25-21-56(22-26-64-30-28-62-24-20-55)48(58)46(32-40-34-52-44-18-10-8-16-42(40)44)54-50(60)66-36-38-13-5-2-6-14-38/h1-18,33-34,45-46,51-52H,19-32,35-36H2,(H,53,59)(H,54,60). The molecule has 4 aromatic carbocycles. The molecule has 2 aromatic heterocycles. The van der Waals surface area contributed by atoms with Crippen LogP contribution in [0.15, 0.2) is 122 Å². The van der Waals surface area contributed by atoms with Crippen LogP contribution in [-0.4, -0.2) is 135 Å². The SMILES string of the molecule is O=C(NC(Cc1c[nH]c2ccccc12)C(=O)N1CCOCCOCCN(C(=O)C(Cc2c[nH]c3ccccc23)NC(=O)OCc2ccccc2)CCOCCOCC1)OCc1ccccc1. The second kappa shape index (κ2) is 25.1. The summed E-state index contributed by atoms with van der Waals surface area (Å²) >= 11 is 0. The van der Waals surface area contributed by atoms with Crippen molar-refractivity contribution in [2.24, 2.45) is 0 Å². The van der Waals surface area contributed by atoms with E-state index in [2.05, 4.69) is 20.6 Å². The maximum Gasteiger partial charge on any atom is 0.408 e. The molecule has 16 heteroatoms. The van der Waals surface area contributed by atoms with E-state index in [9.17, 15) is 19.2 Å². The Morgan fingerprint density at radius 1 is 0.485 bits per heavy atom. The molecule has 0 saturated carbocycles. The van der Waals surface area contributed by atoms with Gasteiger partial charge < -0.3 is 58.8 Å². The van der Waals surface area contributed by atoms with Crippen LogP contribution in [0.4, 0.5) is 9.59 Å². The smallest absolute Gasteiger partial charge is 0.408 e. The molecule has 1 saturated heterocycles. The zero-order valence-corrected chi connectivity index (χ0v) is 37.0. The van der Waals surface area contributed by atoms with E-state index in [1.807, 2.05) is 122 Å². The van der Waals surface area contributed by atoms with Crippen molar-refractivity contribution in [3.05, 3.63) is 144 Å². The summed E-state index contributed by atoms with van der Waals surface area (Å²) in [5, 5.41) is 7.57. The lowest BCUT2D eigenvalue weighted by Crippen LogP contribution is -2.51. The predicted octanol–water partition coefficient (Wildman–Crippen LogP) is 5.76. The first-order valence-electron chi connectivity index (χ1n) is 22.3. The first kappa shape index (κ1) is 47.2. The minimum absolute atomic E-state index is 0.0556. The number of hydrogen-bond acceptors (Lipinski definition) is 10. The fourth-order valence-electron chi connectivity index (χ4n) is 7.70. The average Bonchev–Trinajstić information content (AvgIpc) is 3.96. The van der Waals surface area contributed by atoms with Gasteiger partial charge in [-0.15, -0.1) is 0 Å². The molecule has 7 rings (SSSR count). The molecule has 0 bridgehead atoms. The van der Waals surface area contributed by atoms with E-state index >= 15 is 0 Å². The fourth-order valence-corrected chi connectivity index (χ4v) is 7.70. The van der Waals surface area contributed by atoms with Gasteiger partial charge in [0.25, 0.3) is 0 Å². The number of amides is 4. The van der Waals surface area contributed by atoms with Gasteiger partial charge >= 0.3 is 12.2 Å². The van der Waals surface area contributed by atoms with Gasteiger partial charge in [0.1, 0.15) is 25.3 Å². The highest BCUT2D eigenvalue weighted by Crippen LogP contribution is 2.22. The molecule has 1 fully saturated rings. The summed E-state index contributed by atoms with van der Waals surface area (Å²) in [5.74, 6) is -0.615. The first-order valence-corrected chi connectivity index (χ1v) is 22.3. The van der Waals surface area contributed by atoms with Crippen molar-refractivity contribution < 1.29 is 47.6 Å². The fraction of sp³-hybridized carbons (Fsp3) is 0.360. The van der Waals surface area contributed by atoms with E-state index in [4.69, 9.17) is 28.4 Å². The monoisotopic (exact) mass is 902 g/mol. The maximum atomic E-state index is 14.3. The molecule has 4 N–H and O–H groups in total. The Labute approximate surface area is 383 Å². The van der Waals surface area contributed by atoms with Crippen LogP contribution in [0.2, 0.25) is 0 Å². The number of rotatable bonds is 12. The Bertz CT molecular complexity index is 2250. The molecule has 1 aliphatic rings. The largest absolute Gasteiger partial charge is 0.445 e. The lowest BCUT2D eigenvalue weighted by molar-refractivity contribution is -0.136. The second-order valence-electron chi connectivity index (χ2n) is 15.7. The number of carbonyl (C=O) groups is 4. The van der Waals surface area contributed by atoms with Crippen LogP contribution in [-0.2, 0) is 64.1 Å². The number of nitrogens with one attached hydrogen (secondary N) is 4. The number of aromatic amines is 2. The number of aromatic nitrogens is 2. The Morgan fingerprint density at radius 2 is 0.833 bits per heavy atom. The van der Waals surface area contributed by atoms with E-state index in [1.54, 1.807) is 9.80 Å². The molecule has 66 heavy (non-hydrogen) atoms. The van der Waals surface area contributed by atoms with Gasteiger partial charge in [0.05, 0.1) is 52.9 Å². The van der Waals surface area contributed by atoms with Crippen LogP contribution in [0.1, 0.15) is 22.3 Å². The first-order chi connectivity index (χ1) is 32.4. The molecule has 2 unspecified atom stereocenters. The van der Waals surface area contributed by atoms with Gasteiger partial charge in [-0.05, 0) is 34.4 Å². The van der Waals surface area contributed by atoms with Crippen molar-refractivity contribution in [3.63, 3.8) is 0 Å². The van der Waals surface area contributed by atoms with E-state index in [1.165, 1.54) is 0 Å². The van der Waals surface area contributed by atoms with Crippen LogP contribution in [0.25, 0.3) is 21.8 Å². The van der Waals surface area contributed by atoms with Crippen molar-refractivity contribution >= 4 is 45.8 Å². The average molecular weight is 903 g/mol. The van der Waals surface area contributed by atoms with Crippen molar-refractivity contribution in [2.75, 3.05) is 79.0 Å². The third-order valence-corrected chi connectivity index (χ3v) is 11.2. The molecule has 0 radical (unpaired) electrons. The highest BCUT2D eigenvalue weighted by atomic mass is 16.6. The topological polar surface area (TPSA) is 186 Å². The van der Waals surface area contributed by atoms with Gasteiger partial charge in [-0.2, -0.15) is 0 Å². The number of H-pyrrole nitrogens is 2. The maximum absolute atomic E-state index is 14.3. The van der Waals surface area contributed by atoms with Crippen molar-refractivity contribution in [1.29, 1.82) is 0 Å². The summed E-state index contributed by atoms with van der Waals surface area (Å²) < 4.78 is 34.8. The molecule has 6 aromatic rings. The molecule has 348 valence electrons. The molecule has 0 aliphatic carbocycles. The predicted molar refractivity (Wildman–Crippen MR) is 248 cm³/mol. The Morgan fingerprint density at radius 3 is 1.21 bits per heavy atom. The zero-order chi connectivity index (χ0) is 45.8. The van der Waals surface area contributed by atoms with Crippen LogP contribution in [0.3, 0.4) is 0 Å². The molecule has 3 heterocycles. The summed E-state index contributed by atoms with van der Waals surface area (Å²) in [6, 6.07) is 32.4. The lowest BCUT2D eigenvalue weighted by Gasteiger charge is -2.28. The van der Waals surface area contributed by atoms with Crippen molar-refractivity contribution in [1.82, 2.24) is 30.4 Å². The molecular weight excluding hydrogens is 845 g/mol. The van der Waals surface area contributed by atoms with Gasteiger partial charge in [0, 0.05) is 73.2 Å². The highest BCUT2D eigenvalue weighted by molar-refractivity contribution is 5.89. The summed E-state index contributed by atoms with van der Waals surface area (Å²) in [4.78, 5) is 64.8. The van der Waals surface area contributed by atoms with Crippen LogP contribution < -0.4 is 10.6 Å². The number of para-hydroxylation sites is 2. The zero-order valence-electron chi connectivity index (χ0n) is 37.0. The summed E-state index contributed by atoms with van der Waals surface area (Å²) in [7, 11) is 0.